The van der Waals surface area contributed by atoms with Gasteiger partial charge in [-0.3, -0.25) is 14.4 Å². The number of fused-ring (bicyclic) bond motifs is 1. The van der Waals surface area contributed by atoms with E-state index in [0.29, 0.717) is 0 Å². The van der Waals surface area contributed by atoms with Crippen LogP contribution >= 0.6 is 0 Å². The van der Waals surface area contributed by atoms with Crippen LogP contribution in [0.2, 0.25) is 0 Å². The zero-order valence-electron chi connectivity index (χ0n) is 9.84. The van der Waals surface area contributed by atoms with Gasteiger partial charge in [0.1, 0.15) is 5.76 Å². The summed E-state index contributed by atoms with van der Waals surface area (Å²) >= 11 is 0. The molecule has 1 aromatic carbocycles. The highest BCUT2D eigenvalue weighted by Crippen LogP contribution is 2.39. The van der Waals surface area contributed by atoms with Crippen molar-refractivity contribution in [1.82, 2.24) is 0 Å². The molecule has 0 amide bonds. The van der Waals surface area contributed by atoms with Gasteiger partial charge in [-0.05, 0) is 0 Å². The number of benzene rings is 1. The molecule has 3 rings (SSSR count). The molecule has 0 aliphatic heterocycles. The molecule has 0 fully saturated rings. The quantitative estimate of drug-likeness (QED) is 0.732. The maximum absolute atomic E-state index is 12.2. The Morgan fingerprint density at radius 3 is 1.89 bits per heavy atom. The van der Waals surface area contributed by atoms with Gasteiger partial charge in [0.25, 0.3) is 0 Å². The van der Waals surface area contributed by atoms with Crippen LogP contribution in [-0.2, 0) is 4.79 Å². The highest BCUT2D eigenvalue weighted by Gasteiger charge is 2.58. The minimum absolute atomic E-state index is 0.000379. The number of ketones is 3. The Balaban J connectivity index is 2.24. The lowest BCUT2D eigenvalue weighted by Crippen LogP contribution is -2.45. The Morgan fingerprint density at radius 2 is 1.47 bits per heavy atom. The first kappa shape index (κ1) is 11.8. The molecule has 96 valence electrons. The molecule has 0 heterocycles. The van der Waals surface area contributed by atoms with Gasteiger partial charge in [-0.25, -0.2) is 0 Å². The van der Waals surface area contributed by atoms with Crippen molar-refractivity contribution in [3.05, 3.63) is 46.7 Å². The monoisotopic (exact) mass is 258 g/mol. The molecule has 0 unspecified atom stereocenters. The van der Waals surface area contributed by atoms with Crippen molar-refractivity contribution in [1.29, 1.82) is 0 Å². The first-order valence-corrected chi connectivity index (χ1v) is 5.84. The van der Waals surface area contributed by atoms with E-state index in [1.807, 2.05) is 0 Å². The van der Waals surface area contributed by atoms with E-state index in [1.54, 1.807) is 12.1 Å². The standard InChI is InChI=1S/C14H10O5/c15-9-5-6-10(16)11(9)14(19)12(17)7-3-1-2-4-8(7)13(14)18/h1-4,15,19H,5-6H2. The fourth-order valence-electron chi connectivity index (χ4n) is 2.65. The summed E-state index contributed by atoms with van der Waals surface area (Å²) in [6.07, 6.45) is 0.0494. The molecule has 5 heteroatoms. The Labute approximate surface area is 108 Å². The van der Waals surface area contributed by atoms with Gasteiger partial charge in [0, 0.05) is 24.0 Å². The predicted molar refractivity (Wildman–Crippen MR) is 63.9 cm³/mol. The zero-order chi connectivity index (χ0) is 13.8. The number of hydrogen-bond acceptors (Lipinski definition) is 5. The summed E-state index contributed by atoms with van der Waals surface area (Å²) < 4.78 is 0. The number of aliphatic hydroxyl groups excluding tert-OH is 1. The minimum Gasteiger partial charge on any atom is -0.512 e. The van der Waals surface area contributed by atoms with Crippen LogP contribution < -0.4 is 0 Å². The molecule has 0 radical (unpaired) electrons. The third-order valence-electron chi connectivity index (χ3n) is 3.59. The molecular weight excluding hydrogens is 248 g/mol. The highest BCUT2D eigenvalue weighted by atomic mass is 16.3. The van der Waals surface area contributed by atoms with Crippen molar-refractivity contribution in [3.63, 3.8) is 0 Å². The van der Waals surface area contributed by atoms with Gasteiger partial charge >= 0.3 is 0 Å². The molecule has 1 aromatic rings. The zero-order valence-corrected chi connectivity index (χ0v) is 9.84. The number of aliphatic hydroxyl groups is 2. The van der Waals surface area contributed by atoms with Gasteiger partial charge in [0.05, 0.1) is 5.57 Å². The van der Waals surface area contributed by atoms with Gasteiger partial charge in [-0.15, -0.1) is 0 Å². The largest absolute Gasteiger partial charge is 0.512 e. The number of allylic oxidation sites excluding steroid dienone is 1. The second-order valence-electron chi connectivity index (χ2n) is 4.66. The normalized spacial score (nSPS) is 21.2. The molecule has 0 aromatic heterocycles. The molecule has 2 aliphatic carbocycles. The summed E-state index contributed by atoms with van der Waals surface area (Å²) in [7, 11) is 0. The lowest BCUT2D eigenvalue weighted by atomic mass is 9.87. The maximum Gasteiger partial charge on any atom is 0.223 e. The molecular formula is C14H10O5. The number of carbonyl (C=O) groups is 3. The summed E-state index contributed by atoms with van der Waals surface area (Å²) in [5.74, 6) is -2.62. The third kappa shape index (κ3) is 1.30. The number of Topliss-reactive ketones (excluding diaryl/α,β-unsaturated/α-hetero) is 3. The lowest BCUT2D eigenvalue weighted by molar-refractivity contribution is -0.116. The fraction of sp³-hybridized carbons (Fsp3) is 0.214. The molecule has 0 saturated heterocycles. The topological polar surface area (TPSA) is 91.7 Å². The molecule has 2 N–H and O–H groups in total. The first-order valence-electron chi connectivity index (χ1n) is 5.84. The Hall–Kier alpha value is -2.27. The van der Waals surface area contributed by atoms with Crippen LogP contribution in [0.15, 0.2) is 35.6 Å². The summed E-state index contributed by atoms with van der Waals surface area (Å²) in [5, 5.41) is 20.1. The molecule has 2 aliphatic rings. The van der Waals surface area contributed by atoms with Crippen molar-refractivity contribution in [2.24, 2.45) is 0 Å². The number of carbonyl (C=O) groups excluding carboxylic acids is 3. The second kappa shape index (κ2) is 3.61. The van der Waals surface area contributed by atoms with Crippen LogP contribution in [0.3, 0.4) is 0 Å². The van der Waals surface area contributed by atoms with E-state index >= 15 is 0 Å². The van der Waals surface area contributed by atoms with Gasteiger partial charge in [0.2, 0.25) is 17.2 Å². The Bertz CT molecular complexity index is 633. The lowest BCUT2D eigenvalue weighted by Gasteiger charge is -2.19. The summed E-state index contributed by atoms with van der Waals surface area (Å²) in [5.41, 5.74) is -2.86. The first-order chi connectivity index (χ1) is 8.98. The molecule has 0 bridgehead atoms. The summed E-state index contributed by atoms with van der Waals surface area (Å²) in [4.78, 5) is 36.2. The van der Waals surface area contributed by atoms with Crippen molar-refractivity contribution in [2.45, 2.75) is 18.4 Å². The molecule has 19 heavy (non-hydrogen) atoms. The van der Waals surface area contributed by atoms with Crippen LogP contribution in [0, 0.1) is 0 Å². The number of hydrogen-bond donors (Lipinski definition) is 2. The second-order valence-corrected chi connectivity index (χ2v) is 4.66. The van der Waals surface area contributed by atoms with E-state index in [4.69, 9.17) is 0 Å². The molecule has 0 atom stereocenters. The van der Waals surface area contributed by atoms with Crippen molar-refractivity contribution >= 4 is 17.3 Å². The highest BCUT2D eigenvalue weighted by molar-refractivity contribution is 6.37. The van der Waals surface area contributed by atoms with Crippen LogP contribution in [-0.4, -0.2) is 33.2 Å². The van der Waals surface area contributed by atoms with E-state index < -0.39 is 28.5 Å². The number of rotatable bonds is 1. The van der Waals surface area contributed by atoms with Gasteiger partial charge in [0.15, 0.2) is 5.78 Å². The molecule has 0 spiro atoms. The van der Waals surface area contributed by atoms with Crippen molar-refractivity contribution in [3.8, 4) is 0 Å². The van der Waals surface area contributed by atoms with Gasteiger partial charge in [-0.2, -0.15) is 0 Å². The third-order valence-corrected chi connectivity index (χ3v) is 3.59. The minimum atomic E-state index is -2.55. The maximum atomic E-state index is 12.2. The van der Waals surface area contributed by atoms with Crippen LogP contribution in [0.4, 0.5) is 0 Å². The average molecular weight is 258 g/mol. The Kier molecular flexibility index (Phi) is 2.24. The smallest absolute Gasteiger partial charge is 0.223 e. The van der Waals surface area contributed by atoms with Crippen molar-refractivity contribution in [2.75, 3.05) is 0 Å². The fourth-order valence-corrected chi connectivity index (χ4v) is 2.65. The van der Waals surface area contributed by atoms with E-state index in [2.05, 4.69) is 0 Å². The van der Waals surface area contributed by atoms with Crippen LogP contribution in [0.1, 0.15) is 33.6 Å². The van der Waals surface area contributed by atoms with Crippen molar-refractivity contribution < 1.29 is 24.6 Å². The molecule has 5 nitrogen and oxygen atoms in total. The Morgan fingerprint density at radius 1 is 0.947 bits per heavy atom. The van der Waals surface area contributed by atoms with E-state index in [1.165, 1.54) is 12.1 Å². The summed E-state index contributed by atoms with van der Waals surface area (Å²) in [6.45, 7) is 0. The predicted octanol–water partition coefficient (Wildman–Crippen LogP) is 0.972. The summed E-state index contributed by atoms with van der Waals surface area (Å²) in [6, 6.07) is 5.98. The van der Waals surface area contributed by atoms with Gasteiger partial charge in [-0.1, -0.05) is 24.3 Å². The SMILES string of the molecule is O=C1CCC(O)=C1C1(O)C(=O)c2ccccc2C1=O. The van der Waals surface area contributed by atoms with E-state index in [-0.39, 0.29) is 29.7 Å². The van der Waals surface area contributed by atoms with Crippen LogP contribution in [0.5, 0.6) is 0 Å². The van der Waals surface area contributed by atoms with Crippen LogP contribution in [0.25, 0.3) is 0 Å². The van der Waals surface area contributed by atoms with E-state index in [0.717, 1.165) is 0 Å². The average Bonchev–Trinajstić information content (AvgIpc) is 2.83. The van der Waals surface area contributed by atoms with E-state index in [9.17, 15) is 24.6 Å². The van der Waals surface area contributed by atoms with Gasteiger partial charge < -0.3 is 10.2 Å². The molecule has 0 saturated carbocycles.